The van der Waals surface area contributed by atoms with Crippen LogP contribution in [-0.2, 0) is 6.42 Å². The number of nitrogens with two attached hydrogens (primary N) is 1. The third-order valence-corrected chi connectivity index (χ3v) is 5.23. The summed E-state index contributed by atoms with van der Waals surface area (Å²) in [6.45, 7) is 1.85. The molecule has 0 saturated carbocycles. The van der Waals surface area contributed by atoms with Crippen LogP contribution in [0.15, 0.2) is 48.2 Å². The van der Waals surface area contributed by atoms with E-state index in [4.69, 9.17) is 5.73 Å². The van der Waals surface area contributed by atoms with Crippen molar-refractivity contribution in [3.05, 3.63) is 70.7 Å². The molecule has 0 atom stereocenters. The third-order valence-electron chi connectivity index (χ3n) is 5.23. The highest BCUT2D eigenvalue weighted by Gasteiger charge is 2.32. The molecule has 1 aliphatic rings. The number of hydrogen-bond acceptors (Lipinski definition) is 5. The van der Waals surface area contributed by atoms with Gasteiger partial charge in [0.05, 0.1) is 28.5 Å². The summed E-state index contributed by atoms with van der Waals surface area (Å²) in [6, 6.07) is 9.47. The van der Waals surface area contributed by atoms with Crippen LogP contribution in [0.1, 0.15) is 27.3 Å². The first kappa shape index (κ1) is 19.9. The summed E-state index contributed by atoms with van der Waals surface area (Å²) in [4.78, 5) is 20.6. The van der Waals surface area contributed by atoms with Crippen molar-refractivity contribution in [1.82, 2.24) is 19.7 Å². The summed E-state index contributed by atoms with van der Waals surface area (Å²) in [6.07, 6.45) is -1.56. The number of rotatable bonds is 4. The Morgan fingerprint density at radius 1 is 1.22 bits per heavy atom. The van der Waals surface area contributed by atoms with Crippen molar-refractivity contribution in [1.29, 1.82) is 0 Å². The van der Waals surface area contributed by atoms with E-state index in [1.54, 1.807) is 12.1 Å². The number of nitrogens with one attached hydrogen (secondary N) is 1. The van der Waals surface area contributed by atoms with Gasteiger partial charge in [0.15, 0.2) is 5.78 Å². The van der Waals surface area contributed by atoms with Gasteiger partial charge in [0.2, 0.25) is 0 Å². The van der Waals surface area contributed by atoms with Crippen molar-refractivity contribution in [2.75, 3.05) is 5.73 Å². The van der Waals surface area contributed by atoms with Crippen molar-refractivity contribution < 1.29 is 22.7 Å². The van der Waals surface area contributed by atoms with Crippen molar-refractivity contribution in [2.45, 2.75) is 19.7 Å². The second kappa shape index (κ2) is 6.98. The first-order valence-corrected chi connectivity index (χ1v) is 9.62. The molecule has 3 N–H and O–H groups in total. The zero-order valence-corrected chi connectivity index (χ0v) is 16.7. The van der Waals surface area contributed by atoms with E-state index in [1.807, 2.05) is 19.1 Å². The molecular weight excluding hydrogens is 423 g/mol. The maximum absolute atomic E-state index is 13.1. The summed E-state index contributed by atoms with van der Waals surface area (Å²) >= 11 is 0. The zero-order valence-electron chi connectivity index (χ0n) is 16.7. The van der Waals surface area contributed by atoms with Crippen LogP contribution >= 0.6 is 0 Å². The summed E-state index contributed by atoms with van der Waals surface area (Å²) in [5, 5.41) is 4.26. The first-order valence-electron chi connectivity index (χ1n) is 9.62. The van der Waals surface area contributed by atoms with Gasteiger partial charge < -0.3 is 15.5 Å². The number of benzene rings is 2. The van der Waals surface area contributed by atoms with Gasteiger partial charge in [-0.25, -0.2) is 9.67 Å². The Kier molecular flexibility index (Phi) is 4.33. The smallest absolute Gasteiger partial charge is 0.406 e. The van der Waals surface area contributed by atoms with E-state index in [0.717, 1.165) is 22.4 Å². The Bertz CT molecular complexity index is 1410. The number of H-pyrrole nitrogens is 1. The lowest BCUT2D eigenvalue weighted by atomic mass is 10.0. The van der Waals surface area contributed by atoms with E-state index in [-0.39, 0.29) is 29.3 Å². The average Bonchev–Trinajstić information content (AvgIpc) is 3.40. The number of carbonyl (C=O) groups is 1. The number of alkyl halides is 3. The van der Waals surface area contributed by atoms with Crippen LogP contribution in [0.2, 0.25) is 0 Å². The molecule has 7 nitrogen and oxygen atoms in total. The molecule has 2 aromatic carbocycles. The van der Waals surface area contributed by atoms with Gasteiger partial charge >= 0.3 is 6.36 Å². The Balaban J connectivity index is 1.43. The number of anilines is 1. The highest BCUT2D eigenvalue weighted by Crippen LogP contribution is 2.33. The number of aryl methyl sites for hydroxylation is 1. The van der Waals surface area contributed by atoms with E-state index < -0.39 is 6.36 Å². The maximum Gasteiger partial charge on any atom is 0.573 e. The molecule has 0 fully saturated rings. The standard InChI is InChI=1S/C22H16F3N5O2/c1-11-28-18-5-3-15(9-19(18)29-11)30-21(26)17(10-27-30)20(31)14-6-12-2-4-16(8-13(12)7-14)32-22(23,24)25/h2-5,7-10H,6,26H2,1H3,(H,28,29). The average molecular weight is 439 g/mol. The number of nitrogen functional groups attached to an aromatic ring is 1. The van der Waals surface area contributed by atoms with Gasteiger partial charge in [0.1, 0.15) is 17.4 Å². The first-order chi connectivity index (χ1) is 15.2. The molecule has 10 heteroatoms. The lowest BCUT2D eigenvalue weighted by Gasteiger charge is -2.09. The molecule has 32 heavy (non-hydrogen) atoms. The summed E-state index contributed by atoms with van der Waals surface area (Å²) in [5.41, 5.74) is 10.4. The summed E-state index contributed by atoms with van der Waals surface area (Å²) in [7, 11) is 0. The van der Waals surface area contributed by atoms with Crippen LogP contribution in [0, 0.1) is 6.92 Å². The quantitative estimate of drug-likeness (QED) is 0.461. The van der Waals surface area contributed by atoms with E-state index in [2.05, 4.69) is 19.8 Å². The highest BCUT2D eigenvalue weighted by atomic mass is 19.4. The Morgan fingerprint density at radius 3 is 2.81 bits per heavy atom. The predicted molar refractivity (Wildman–Crippen MR) is 112 cm³/mol. The highest BCUT2D eigenvalue weighted by molar-refractivity contribution is 6.15. The van der Waals surface area contributed by atoms with Gasteiger partial charge in [-0.3, -0.25) is 4.79 Å². The number of ether oxygens (including phenoxy) is 1. The van der Waals surface area contributed by atoms with Gasteiger partial charge in [-0.1, -0.05) is 6.07 Å². The fraction of sp³-hybridized carbons (Fsp3) is 0.136. The molecule has 0 aliphatic heterocycles. The molecule has 0 radical (unpaired) electrons. The molecule has 0 bridgehead atoms. The molecule has 2 heterocycles. The van der Waals surface area contributed by atoms with Crippen molar-refractivity contribution in [3.8, 4) is 11.4 Å². The maximum atomic E-state index is 13.1. The molecule has 4 aromatic rings. The van der Waals surface area contributed by atoms with Gasteiger partial charge in [0.25, 0.3) is 0 Å². The fourth-order valence-corrected chi connectivity index (χ4v) is 3.82. The monoisotopic (exact) mass is 439 g/mol. The van der Waals surface area contributed by atoms with Crippen LogP contribution in [0.4, 0.5) is 19.0 Å². The second-order valence-electron chi connectivity index (χ2n) is 7.46. The molecule has 162 valence electrons. The molecule has 0 amide bonds. The van der Waals surface area contributed by atoms with E-state index in [1.165, 1.54) is 29.1 Å². The number of allylic oxidation sites excluding steroid dienone is 1. The minimum Gasteiger partial charge on any atom is -0.406 e. The minimum absolute atomic E-state index is 0.170. The van der Waals surface area contributed by atoms with Crippen LogP contribution in [0.25, 0.3) is 22.8 Å². The predicted octanol–water partition coefficient (Wildman–Crippen LogP) is 4.36. The van der Waals surface area contributed by atoms with Gasteiger partial charge in [0, 0.05) is 12.0 Å². The van der Waals surface area contributed by atoms with Crippen molar-refractivity contribution in [2.24, 2.45) is 0 Å². The van der Waals surface area contributed by atoms with Gasteiger partial charge in [-0.15, -0.1) is 13.2 Å². The largest absolute Gasteiger partial charge is 0.573 e. The lowest BCUT2D eigenvalue weighted by molar-refractivity contribution is -0.274. The van der Waals surface area contributed by atoms with Crippen LogP contribution in [-0.4, -0.2) is 31.9 Å². The number of ketones is 1. The van der Waals surface area contributed by atoms with E-state index >= 15 is 0 Å². The SMILES string of the molecule is Cc1nc2ccc(-n3ncc(C(=O)C4=Cc5cc(OC(F)(F)F)ccc5C4)c3N)cc2[nH]1. The number of imidazole rings is 1. The van der Waals surface area contributed by atoms with Crippen LogP contribution in [0.3, 0.4) is 0 Å². The van der Waals surface area contributed by atoms with E-state index in [0.29, 0.717) is 16.8 Å². The molecule has 0 unspecified atom stereocenters. The number of fused-ring (bicyclic) bond motifs is 2. The Labute approximate surface area is 179 Å². The summed E-state index contributed by atoms with van der Waals surface area (Å²) < 4.78 is 42.8. The number of halogens is 3. The van der Waals surface area contributed by atoms with Crippen LogP contribution < -0.4 is 10.5 Å². The topological polar surface area (TPSA) is 98.8 Å². The Morgan fingerprint density at radius 2 is 2.03 bits per heavy atom. The lowest BCUT2D eigenvalue weighted by Crippen LogP contribution is -2.17. The summed E-state index contributed by atoms with van der Waals surface area (Å²) in [5.74, 6) is 0.279. The molecule has 5 rings (SSSR count). The van der Waals surface area contributed by atoms with Crippen LogP contribution in [0.5, 0.6) is 5.75 Å². The fourth-order valence-electron chi connectivity index (χ4n) is 3.82. The zero-order chi connectivity index (χ0) is 22.6. The van der Waals surface area contributed by atoms with Gasteiger partial charge in [-0.05, 0) is 54.5 Å². The van der Waals surface area contributed by atoms with Gasteiger partial charge in [-0.2, -0.15) is 5.10 Å². The molecule has 0 spiro atoms. The number of aromatic nitrogens is 4. The molecule has 2 aromatic heterocycles. The second-order valence-corrected chi connectivity index (χ2v) is 7.46. The number of carbonyl (C=O) groups excluding carboxylic acids is 1. The number of nitrogens with zero attached hydrogens (tertiary/aromatic N) is 3. The molecular formula is C22H16F3N5O2. The minimum atomic E-state index is -4.78. The van der Waals surface area contributed by atoms with Crippen molar-refractivity contribution >= 4 is 28.7 Å². The van der Waals surface area contributed by atoms with Crippen molar-refractivity contribution in [3.63, 3.8) is 0 Å². The Hall–Kier alpha value is -4.08. The normalized spacial score (nSPS) is 13.3. The van der Waals surface area contributed by atoms with E-state index in [9.17, 15) is 18.0 Å². The molecule has 0 saturated heterocycles. The number of hydrogen-bond donors (Lipinski definition) is 2. The number of aromatic amines is 1. The third kappa shape index (κ3) is 3.49. The number of Topliss-reactive ketones (excluding diaryl/α,β-unsaturated/α-hetero) is 1. The molecule has 1 aliphatic carbocycles.